The molecule has 0 saturated carbocycles. The third-order valence-electron chi connectivity index (χ3n) is 5.36. The number of carbonyl (C=O) groups is 2. The van der Waals surface area contributed by atoms with Crippen molar-refractivity contribution in [3.8, 4) is 5.75 Å². The molecule has 2 aromatic carbocycles. The van der Waals surface area contributed by atoms with E-state index in [1.807, 2.05) is 19.9 Å². The number of amides is 1. The largest absolute Gasteiger partial charge is 0.507 e. The molecule has 162 valence electrons. The molecule has 1 atom stereocenters. The summed E-state index contributed by atoms with van der Waals surface area (Å²) in [6.07, 6.45) is 2.48. The van der Waals surface area contributed by atoms with Gasteiger partial charge in [-0.25, -0.2) is 0 Å². The molecule has 1 fully saturated rings. The lowest BCUT2D eigenvalue weighted by Crippen LogP contribution is -2.29. The number of para-hydroxylation sites is 1. The highest BCUT2D eigenvalue weighted by Gasteiger charge is 2.47. The molecule has 4 rings (SSSR count). The van der Waals surface area contributed by atoms with Crippen molar-refractivity contribution in [2.24, 2.45) is 0 Å². The molecule has 2 heterocycles. The normalized spacial score (nSPS) is 17.6. The Morgan fingerprint density at radius 2 is 1.81 bits per heavy atom. The van der Waals surface area contributed by atoms with E-state index < -0.39 is 17.7 Å². The number of aromatic nitrogens is 1. The Morgan fingerprint density at radius 3 is 2.47 bits per heavy atom. The van der Waals surface area contributed by atoms with E-state index >= 15 is 0 Å². The van der Waals surface area contributed by atoms with Crippen LogP contribution in [0.15, 0.2) is 78.5 Å². The summed E-state index contributed by atoms with van der Waals surface area (Å²) < 4.78 is 5.71. The number of benzene rings is 2. The maximum absolute atomic E-state index is 13.1. The molecule has 0 bridgehead atoms. The van der Waals surface area contributed by atoms with Gasteiger partial charge in [-0.3, -0.25) is 19.5 Å². The molecule has 0 radical (unpaired) electrons. The number of hydrogen-bond donors (Lipinski definition) is 1. The molecule has 1 unspecified atom stereocenters. The number of Topliss-reactive ketones (excluding diaryl/α,β-unsaturated/α-hetero) is 1. The van der Waals surface area contributed by atoms with Crippen LogP contribution in [-0.4, -0.2) is 28.4 Å². The summed E-state index contributed by atoms with van der Waals surface area (Å²) >= 11 is 0. The Labute approximate surface area is 186 Å². The predicted molar refractivity (Wildman–Crippen MR) is 122 cm³/mol. The molecule has 1 saturated heterocycles. The second-order valence-electron chi connectivity index (χ2n) is 7.59. The van der Waals surface area contributed by atoms with Crippen molar-refractivity contribution in [1.29, 1.82) is 0 Å². The Bertz CT molecular complexity index is 1170. The number of ketones is 1. The van der Waals surface area contributed by atoms with Crippen LogP contribution in [0.5, 0.6) is 5.75 Å². The standard InChI is InChI=1S/C26H24N2O4/c1-3-15-32-21-13-12-18(16-17(21)2)24(29)22-23(20-11-7-8-14-27-20)28(26(31)25(22)30)19-9-5-4-6-10-19/h4-14,16,23,29H,3,15H2,1-2H3/b24-22-. The van der Waals surface area contributed by atoms with Crippen LogP contribution in [0.25, 0.3) is 5.76 Å². The summed E-state index contributed by atoms with van der Waals surface area (Å²) in [4.78, 5) is 32.0. The smallest absolute Gasteiger partial charge is 0.300 e. The van der Waals surface area contributed by atoms with E-state index in [0.29, 0.717) is 23.6 Å². The topological polar surface area (TPSA) is 79.7 Å². The maximum atomic E-state index is 13.1. The van der Waals surface area contributed by atoms with Gasteiger partial charge in [0, 0.05) is 17.4 Å². The molecular weight excluding hydrogens is 404 g/mol. The Morgan fingerprint density at radius 1 is 1.06 bits per heavy atom. The molecule has 1 aliphatic rings. The van der Waals surface area contributed by atoms with Gasteiger partial charge in [-0.2, -0.15) is 0 Å². The van der Waals surface area contributed by atoms with Gasteiger partial charge in [0.05, 0.1) is 17.9 Å². The Kier molecular flexibility index (Phi) is 6.03. The van der Waals surface area contributed by atoms with Gasteiger partial charge >= 0.3 is 0 Å². The second kappa shape index (κ2) is 9.06. The predicted octanol–water partition coefficient (Wildman–Crippen LogP) is 4.81. The lowest BCUT2D eigenvalue weighted by atomic mass is 9.97. The highest BCUT2D eigenvalue weighted by molar-refractivity contribution is 6.51. The quantitative estimate of drug-likeness (QED) is 0.346. The lowest BCUT2D eigenvalue weighted by molar-refractivity contribution is -0.132. The molecule has 1 aliphatic heterocycles. The first kappa shape index (κ1) is 21.3. The first-order chi connectivity index (χ1) is 15.5. The molecule has 1 N–H and O–H groups in total. The number of carbonyl (C=O) groups excluding carboxylic acids is 2. The number of anilines is 1. The summed E-state index contributed by atoms with van der Waals surface area (Å²) in [5.74, 6) is -0.962. The fraction of sp³-hybridized carbons (Fsp3) is 0.192. The van der Waals surface area contributed by atoms with Crippen molar-refractivity contribution in [3.05, 3.63) is 95.3 Å². The minimum absolute atomic E-state index is 0.0131. The SMILES string of the molecule is CCCOc1ccc(/C(O)=C2/C(=O)C(=O)N(c3ccccc3)C2c2ccccn2)cc1C. The van der Waals surface area contributed by atoms with E-state index in [9.17, 15) is 14.7 Å². The zero-order valence-electron chi connectivity index (χ0n) is 18.0. The number of pyridine rings is 1. The summed E-state index contributed by atoms with van der Waals surface area (Å²) in [6.45, 7) is 4.49. The third-order valence-corrected chi connectivity index (χ3v) is 5.36. The first-order valence-corrected chi connectivity index (χ1v) is 10.5. The lowest BCUT2D eigenvalue weighted by Gasteiger charge is -2.24. The monoisotopic (exact) mass is 428 g/mol. The summed E-state index contributed by atoms with van der Waals surface area (Å²) in [5.41, 5.74) is 2.34. The van der Waals surface area contributed by atoms with Gasteiger partial charge in [0.2, 0.25) is 0 Å². The van der Waals surface area contributed by atoms with Crippen LogP contribution >= 0.6 is 0 Å². The average Bonchev–Trinajstić information content (AvgIpc) is 3.09. The van der Waals surface area contributed by atoms with Gasteiger partial charge in [0.15, 0.2) is 0 Å². The van der Waals surface area contributed by atoms with E-state index in [1.54, 1.807) is 66.9 Å². The van der Waals surface area contributed by atoms with E-state index in [4.69, 9.17) is 4.74 Å². The minimum atomic E-state index is -0.838. The van der Waals surface area contributed by atoms with Crippen molar-refractivity contribution >= 4 is 23.1 Å². The van der Waals surface area contributed by atoms with Gasteiger partial charge in [0.25, 0.3) is 11.7 Å². The van der Waals surface area contributed by atoms with Crippen LogP contribution in [0, 0.1) is 6.92 Å². The van der Waals surface area contributed by atoms with Crippen molar-refractivity contribution < 1.29 is 19.4 Å². The van der Waals surface area contributed by atoms with Crippen molar-refractivity contribution in [3.63, 3.8) is 0 Å². The number of ether oxygens (including phenoxy) is 1. The molecule has 1 amide bonds. The zero-order chi connectivity index (χ0) is 22.7. The van der Waals surface area contributed by atoms with Gasteiger partial charge in [-0.15, -0.1) is 0 Å². The van der Waals surface area contributed by atoms with E-state index in [1.165, 1.54) is 4.90 Å². The van der Waals surface area contributed by atoms with Crippen LogP contribution in [0.4, 0.5) is 5.69 Å². The summed E-state index contributed by atoms with van der Waals surface area (Å²) in [7, 11) is 0. The molecule has 0 spiro atoms. The number of rotatable bonds is 6. The highest BCUT2D eigenvalue weighted by atomic mass is 16.5. The van der Waals surface area contributed by atoms with Crippen LogP contribution in [-0.2, 0) is 9.59 Å². The molecule has 1 aromatic heterocycles. The highest BCUT2D eigenvalue weighted by Crippen LogP contribution is 2.41. The summed E-state index contributed by atoms with van der Waals surface area (Å²) in [5, 5.41) is 11.2. The van der Waals surface area contributed by atoms with E-state index in [2.05, 4.69) is 4.98 Å². The third kappa shape index (κ3) is 3.87. The van der Waals surface area contributed by atoms with Crippen molar-refractivity contribution in [2.75, 3.05) is 11.5 Å². The molecular formula is C26H24N2O4. The number of nitrogens with zero attached hydrogens (tertiary/aromatic N) is 2. The first-order valence-electron chi connectivity index (χ1n) is 10.5. The van der Waals surface area contributed by atoms with Crippen LogP contribution in [0.3, 0.4) is 0 Å². The second-order valence-corrected chi connectivity index (χ2v) is 7.59. The Hall–Kier alpha value is -3.93. The van der Waals surface area contributed by atoms with Gasteiger partial charge in [0.1, 0.15) is 17.6 Å². The van der Waals surface area contributed by atoms with Gasteiger partial charge in [-0.1, -0.05) is 31.2 Å². The number of aliphatic hydroxyl groups is 1. The minimum Gasteiger partial charge on any atom is -0.507 e. The molecule has 0 aliphatic carbocycles. The summed E-state index contributed by atoms with van der Waals surface area (Å²) in [6, 6.07) is 18.6. The number of aliphatic hydroxyl groups excluding tert-OH is 1. The Balaban J connectivity index is 1.85. The average molecular weight is 428 g/mol. The van der Waals surface area contributed by atoms with Gasteiger partial charge in [-0.05, 0) is 61.4 Å². The molecule has 3 aromatic rings. The molecule has 32 heavy (non-hydrogen) atoms. The maximum Gasteiger partial charge on any atom is 0.300 e. The van der Waals surface area contributed by atoms with E-state index in [0.717, 1.165) is 17.7 Å². The van der Waals surface area contributed by atoms with E-state index in [-0.39, 0.29) is 11.3 Å². The fourth-order valence-electron chi connectivity index (χ4n) is 3.83. The molecule has 6 heteroatoms. The fourth-order valence-corrected chi connectivity index (χ4v) is 3.83. The van der Waals surface area contributed by atoms with Crippen molar-refractivity contribution in [1.82, 2.24) is 4.98 Å². The van der Waals surface area contributed by atoms with Crippen LogP contribution < -0.4 is 9.64 Å². The number of hydrogen-bond acceptors (Lipinski definition) is 5. The molecule has 6 nitrogen and oxygen atoms in total. The zero-order valence-corrected chi connectivity index (χ0v) is 18.0. The van der Waals surface area contributed by atoms with Crippen LogP contribution in [0.1, 0.15) is 36.2 Å². The van der Waals surface area contributed by atoms with Crippen molar-refractivity contribution in [2.45, 2.75) is 26.3 Å². The van der Waals surface area contributed by atoms with Gasteiger partial charge < -0.3 is 9.84 Å². The number of aryl methyl sites for hydroxylation is 1. The van der Waals surface area contributed by atoms with Crippen LogP contribution in [0.2, 0.25) is 0 Å².